The number of hydrogen-bond acceptors (Lipinski definition) is 4. The summed E-state index contributed by atoms with van der Waals surface area (Å²) in [5.74, 6) is 0.613. The molecule has 0 saturated carbocycles. The fraction of sp³-hybridized carbons (Fsp3) is 0.357. The summed E-state index contributed by atoms with van der Waals surface area (Å²) in [5, 5.41) is 22.5. The number of rotatable bonds is 1. The van der Waals surface area contributed by atoms with E-state index in [1.165, 1.54) is 0 Å². The van der Waals surface area contributed by atoms with Crippen LogP contribution in [0.2, 0.25) is 0 Å². The molecule has 4 nitrogen and oxygen atoms in total. The number of aromatic hydroxyl groups is 1. The van der Waals surface area contributed by atoms with E-state index in [1.54, 1.807) is 12.1 Å². The van der Waals surface area contributed by atoms with Gasteiger partial charge in [0.1, 0.15) is 11.5 Å². The Bertz CT molecular complexity index is 514. The number of phenolic OH excluding ortho intramolecular Hbond substituents is 1. The summed E-state index contributed by atoms with van der Waals surface area (Å²) in [6.07, 6.45) is 4.02. The molecule has 3 aliphatic heterocycles. The molecule has 3 saturated heterocycles. The number of para-hydroxylation sites is 1. The molecular formula is C14H16N2O2. The zero-order valence-corrected chi connectivity index (χ0v) is 10.1. The molecule has 0 aromatic heterocycles. The first-order valence-corrected chi connectivity index (χ1v) is 6.26. The van der Waals surface area contributed by atoms with Crippen molar-refractivity contribution in [1.29, 1.82) is 0 Å². The number of piperidine rings is 3. The summed E-state index contributed by atoms with van der Waals surface area (Å²) in [6.45, 7) is 2.01. The Labute approximate surface area is 106 Å². The molecule has 1 aromatic rings. The normalized spacial score (nSPS) is 24.1. The van der Waals surface area contributed by atoms with Gasteiger partial charge >= 0.3 is 0 Å². The third-order valence-electron chi connectivity index (χ3n) is 3.82. The Hall–Kier alpha value is -1.97. The standard InChI is InChI=1S/C14H16N2O2/c17-13-4-2-1-3-11(13)9-12-14(15-18)10-5-7-16(12)8-6-10/h1-4,9-10,17-18H,5-8H2/b12-9+,15-14?. The number of allylic oxidation sites excluding steroid dienone is 1. The summed E-state index contributed by atoms with van der Waals surface area (Å²) >= 11 is 0. The third-order valence-corrected chi connectivity index (χ3v) is 3.82. The van der Waals surface area contributed by atoms with Crippen molar-refractivity contribution in [1.82, 2.24) is 4.90 Å². The predicted molar refractivity (Wildman–Crippen MR) is 69.6 cm³/mol. The topological polar surface area (TPSA) is 56.1 Å². The maximum absolute atomic E-state index is 9.80. The Balaban J connectivity index is 2.02. The number of fused-ring (bicyclic) bond motifs is 3. The molecule has 3 heterocycles. The predicted octanol–water partition coefficient (Wildman–Crippen LogP) is 2.29. The van der Waals surface area contributed by atoms with Crippen molar-refractivity contribution >= 4 is 11.8 Å². The van der Waals surface area contributed by atoms with E-state index in [4.69, 9.17) is 0 Å². The Kier molecular flexibility index (Phi) is 2.70. The van der Waals surface area contributed by atoms with Crippen molar-refractivity contribution in [2.24, 2.45) is 11.1 Å². The van der Waals surface area contributed by atoms with E-state index in [-0.39, 0.29) is 5.75 Å². The second-order valence-corrected chi connectivity index (χ2v) is 4.83. The minimum atomic E-state index is 0.255. The smallest absolute Gasteiger partial charge is 0.122 e. The van der Waals surface area contributed by atoms with E-state index < -0.39 is 0 Å². The van der Waals surface area contributed by atoms with Gasteiger partial charge in [-0.2, -0.15) is 0 Å². The minimum Gasteiger partial charge on any atom is -0.507 e. The van der Waals surface area contributed by atoms with Crippen molar-refractivity contribution in [2.45, 2.75) is 12.8 Å². The van der Waals surface area contributed by atoms with Crippen LogP contribution in [0.15, 0.2) is 35.1 Å². The summed E-state index contributed by atoms with van der Waals surface area (Å²) in [5.41, 5.74) is 2.47. The third kappa shape index (κ3) is 1.74. The van der Waals surface area contributed by atoms with Crippen LogP contribution in [0.5, 0.6) is 5.75 Å². The number of nitrogens with zero attached hydrogens (tertiary/aromatic N) is 2. The highest BCUT2D eigenvalue weighted by atomic mass is 16.4. The van der Waals surface area contributed by atoms with E-state index in [2.05, 4.69) is 10.1 Å². The van der Waals surface area contributed by atoms with Gasteiger partial charge in [0.05, 0.1) is 5.70 Å². The first-order valence-electron chi connectivity index (χ1n) is 6.26. The molecule has 3 fully saturated rings. The van der Waals surface area contributed by atoms with Gasteiger partial charge in [0.15, 0.2) is 0 Å². The fourth-order valence-corrected chi connectivity index (χ4v) is 2.82. The van der Waals surface area contributed by atoms with Gasteiger partial charge in [-0.25, -0.2) is 0 Å². The molecule has 0 unspecified atom stereocenters. The van der Waals surface area contributed by atoms with E-state index >= 15 is 0 Å². The van der Waals surface area contributed by atoms with Gasteiger partial charge in [-0.15, -0.1) is 0 Å². The van der Waals surface area contributed by atoms with Crippen LogP contribution < -0.4 is 0 Å². The highest BCUT2D eigenvalue weighted by Crippen LogP contribution is 2.34. The van der Waals surface area contributed by atoms with Crippen molar-refractivity contribution in [2.75, 3.05) is 13.1 Å². The maximum atomic E-state index is 9.80. The van der Waals surface area contributed by atoms with Crippen LogP contribution in [0.1, 0.15) is 18.4 Å². The van der Waals surface area contributed by atoms with Crippen LogP contribution in [0.3, 0.4) is 0 Å². The van der Waals surface area contributed by atoms with E-state index in [0.717, 1.165) is 42.9 Å². The van der Waals surface area contributed by atoms with Gasteiger partial charge in [0, 0.05) is 24.6 Å². The van der Waals surface area contributed by atoms with Gasteiger partial charge in [0.2, 0.25) is 0 Å². The lowest BCUT2D eigenvalue weighted by Gasteiger charge is -2.42. The van der Waals surface area contributed by atoms with E-state index in [1.807, 2.05) is 18.2 Å². The zero-order valence-electron chi connectivity index (χ0n) is 10.1. The van der Waals surface area contributed by atoms with E-state index in [0.29, 0.717) is 5.92 Å². The molecule has 0 aliphatic carbocycles. The number of oxime groups is 1. The van der Waals surface area contributed by atoms with Gasteiger partial charge < -0.3 is 15.2 Å². The summed E-state index contributed by atoms with van der Waals surface area (Å²) in [6, 6.07) is 7.21. The largest absolute Gasteiger partial charge is 0.507 e. The molecule has 0 spiro atoms. The van der Waals surface area contributed by atoms with Crippen LogP contribution >= 0.6 is 0 Å². The van der Waals surface area contributed by atoms with Crippen LogP contribution in [-0.2, 0) is 0 Å². The molecule has 4 heteroatoms. The van der Waals surface area contributed by atoms with E-state index in [9.17, 15) is 10.3 Å². The SMILES string of the molecule is ON=C1/C(=C\c2ccccc2O)N2CCC1CC2. The summed E-state index contributed by atoms with van der Waals surface area (Å²) < 4.78 is 0. The molecular weight excluding hydrogens is 228 g/mol. The highest BCUT2D eigenvalue weighted by molar-refractivity contribution is 6.05. The van der Waals surface area contributed by atoms with Crippen LogP contribution in [-0.4, -0.2) is 34.0 Å². The van der Waals surface area contributed by atoms with Gasteiger partial charge in [-0.3, -0.25) is 0 Å². The lowest BCUT2D eigenvalue weighted by atomic mass is 9.83. The van der Waals surface area contributed by atoms with Gasteiger partial charge in [-0.05, 0) is 25.0 Å². The number of benzene rings is 1. The lowest BCUT2D eigenvalue weighted by Crippen LogP contribution is -2.46. The highest BCUT2D eigenvalue weighted by Gasteiger charge is 2.35. The van der Waals surface area contributed by atoms with Crippen LogP contribution in [0, 0.1) is 5.92 Å². The second-order valence-electron chi connectivity index (χ2n) is 4.83. The van der Waals surface area contributed by atoms with Crippen molar-refractivity contribution in [3.8, 4) is 5.75 Å². The second kappa shape index (κ2) is 4.37. The van der Waals surface area contributed by atoms with Gasteiger partial charge in [0.25, 0.3) is 0 Å². The molecule has 0 atom stereocenters. The minimum absolute atomic E-state index is 0.255. The Morgan fingerprint density at radius 3 is 2.61 bits per heavy atom. The molecule has 1 aromatic carbocycles. The van der Waals surface area contributed by atoms with Crippen LogP contribution in [0.25, 0.3) is 6.08 Å². The van der Waals surface area contributed by atoms with Gasteiger partial charge in [-0.1, -0.05) is 23.4 Å². The fourth-order valence-electron chi connectivity index (χ4n) is 2.82. The molecule has 3 aliphatic rings. The average molecular weight is 244 g/mol. The quantitative estimate of drug-likeness (QED) is 0.588. The molecule has 94 valence electrons. The zero-order chi connectivity index (χ0) is 12.5. The monoisotopic (exact) mass is 244 g/mol. The first-order chi connectivity index (χ1) is 8.79. The molecule has 2 N–H and O–H groups in total. The van der Waals surface area contributed by atoms with Crippen molar-refractivity contribution < 1.29 is 10.3 Å². The molecule has 0 amide bonds. The Morgan fingerprint density at radius 2 is 1.94 bits per heavy atom. The first kappa shape index (κ1) is 11.1. The lowest BCUT2D eigenvalue weighted by molar-refractivity contribution is 0.229. The molecule has 2 bridgehead atoms. The average Bonchev–Trinajstić information content (AvgIpc) is 2.42. The van der Waals surface area contributed by atoms with Crippen LogP contribution in [0.4, 0.5) is 0 Å². The number of hydrogen-bond donors (Lipinski definition) is 2. The Morgan fingerprint density at radius 1 is 1.22 bits per heavy atom. The molecule has 18 heavy (non-hydrogen) atoms. The van der Waals surface area contributed by atoms with Crippen molar-refractivity contribution in [3.63, 3.8) is 0 Å². The molecule has 4 rings (SSSR count). The number of phenols is 1. The molecule has 0 radical (unpaired) electrons. The summed E-state index contributed by atoms with van der Waals surface area (Å²) in [7, 11) is 0. The maximum Gasteiger partial charge on any atom is 0.122 e. The summed E-state index contributed by atoms with van der Waals surface area (Å²) in [4.78, 5) is 2.22. The van der Waals surface area contributed by atoms with Crippen molar-refractivity contribution in [3.05, 3.63) is 35.5 Å².